The first-order valence-electron chi connectivity index (χ1n) is 11.8. The molecule has 3 rings (SSSR count). The smallest absolute Gasteiger partial charge is 0.252 e. The largest absolute Gasteiger partial charge is 0.494 e. The lowest BCUT2D eigenvalue weighted by Gasteiger charge is -2.29. The lowest BCUT2D eigenvalue weighted by Crippen LogP contribution is -2.48. The van der Waals surface area contributed by atoms with Crippen molar-refractivity contribution in [3.8, 4) is 5.75 Å². The summed E-state index contributed by atoms with van der Waals surface area (Å²) in [6.45, 7) is 5.86. The zero-order valence-electron chi connectivity index (χ0n) is 20.4. The van der Waals surface area contributed by atoms with Gasteiger partial charge in [-0.15, -0.1) is 6.58 Å². The summed E-state index contributed by atoms with van der Waals surface area (Å²) < 4.78 is 13.0. The summed E-state index contributed by atoms with van der Waals surface area (Å²) in [4.78, 5) is 20.6. The third kappa shape index (κ3) is 6.93. The van der Waals surface area contributed by atoms with Gasteiger partial charge in [-0.05, 0) is 69.0 Å². The highest BCUT2D eigenvalue weighted by Crippen LogP contribution is 2.43. The third-order valence-electron chi connectivity index (χ3n) is 5.73. The van der Waals surface area contributed by atoms with Crippen LogP contribution in [-0.4, -0.2) is 67.7 Å². The fourth-order valence-electron chi connectivity index (χ4n) is 3.92. The van der Waals surface area contributed by atoms with Gasteiger partial charge in [0.2, 0.25) is 5.90 Å². The number of amides is 1. The Morgan fingerprint density at radius 3 is 2.57 bits per heavy atom. The van der Waals surface area contributed by atoms with Gasteiger partial charge in [-0.1, -0.05) is 34.1 Å². The molecule has 0 saturated carbocycles. The number of carbonyl (C=O) groups excluding carboxylic acids is 1. The minimum atomic E-state index is -1.17. The fraction of sp³-hybridized carbons (Fsp3) is 0.407. The average molecular weight is 544 g/mol. The minimum Gasteiger partial charge on any atom is -0.494 e. The van der Waals surface area contributed by atoms with Gasteiger partial charge < -0.3 is 24.8 Å². The lowest BCUT2D eigenvalue weighted by molar-refractivity contribution is -0.128. The molecular formula is C27H34BrN3O4. The Hall–Kier alpha value is -2.68. The van der Waals surface area contributed by atoms with Crippen molar-refractivity contribution in [2.24, 2.45) is 4.99 Å². The standard InChI is InChI=1S/C27H34BrN3O4/c1-4-15-27(26(33)29-16-5-17-31(2)3)24(20-7-11-22(28)12-8-20)35-25(30-27)21-9-13-23(14-10-21)34-19-6-18-32/h4,7-14,24,32H,1,5-6,15-19H2,2-3H3,(H,29,33)/t24-,27-/m1/s1. The van der Waals surface area contributed by atoms with E-state index in [4.69, 9.17) is 19.6 Å². The molecule has 1 aliphatic rings. The van der Waals surface area contributed by atoms with Crippen LogP contribution < -0.4 is 10.1 Å². The highest BCUT2D eigenvalue weighted by Gasteiger charge is 2.52. The molecule has 1 aliphatic heterocycles. The van der Waals surface area contributed by atoms with Crippen LogP contribution in [0.25, 0.3) is 0 Å². The Morgan fingerprint density at radius 1 is 1.23 bits per heavy atom. The van der Waals surface area contributed by atoms with Gasteiger partial charge >= 0.3 is 0 Å². The number of nitrogens with one attached hydrogen (secondary N) is 1. The molecule has 0 saturated heterocycles. The Labute approximate surface area is 216 Å². The van der Waals surface area contributed by atoms with Crippen molar-refractivity contribution in [1.82, 2.24) is 10.2 Å². The highest BCUT2D eigenvalue weighted by molar-refractivity contribution is 9.10. The van der Waals surface area contributed by atoms with Gasteiger partial charge in [0.25, 0.3) is 5.91 Å². The van der Waals surface area contributed by atoms with Gasteiger partial charge in [-0.2, -0.15) is 0 Å². The minimum absolute atomic E-state index is 0.0861. The normalized spacial score (nSPS) is 19.2. The quantitative estimate of drug-likeness (QED) is 0.293. The molecule has 0 spiro atoms. The van der Waals surface area contributed by atoms with Crippen molar-refractivity contribution in [1.29, 1.82) is 0 Å². The molecule has 0 aliphatic carbocycles. The molecule has 1 heterocycles. The third-order valence-corrected chi connectivity index (χ3v) is 6.25. The Balaban J connectivity index is 1.91. The van der Waals surface area contributed by atoms with E-state index in [1.54, 1.807) is 6.08 Å². The van der Waals surface area contributed by atoms with Crippen LogP contribution in [0.15, 0.2) is 70.7 Å². The summed E-state index contributed by atoms with van der Waals surface area (Å²) in [5, 5.41) is 12.0. The van der Waals surface area contributed by atoms with Crippen LogP contribution in [0.4, 0.5) is 0 Å². The second kappa shape index (κ2) is 12.9. The molecule has 1 amide bonds. The topological polar surface area (TPSA) is 83.4 Å². The van der Waals surface area contributed by atoms with E-state index in [0.29, 0.717) is 37.6 Å². The molecule has 0 bridgehead atoms. The molecule has 188 valence electrons. The van der Waals surface area contributed by atoms with Gasteiger partial charge in [0.05, 0.1) is 6.61 Å². The summed E-state index contributed by atoms with van der Waals surface area (Å²) in [7, 11) is 4.02. The van der Waals surface area contributed by atoms with Crippen LogP contribution in [0.3, 0.4) is 0 Å². The Kier molecular flexibility index (Phi) is 9.89. The summed E-state index contributed by atoms with van der Waals surface area (Å²) in [6.07, 6.45) is 2.86. The molecule has 0 radical (unpaired) electrons. The first-order valence-corrected chi connectivity index (χ1v) is 12.6. The molecule has 2 aromatic rings. The monoisotopic (exact) mass is 543 g/mol. The summed E-state index contributed by atoms with van der Waals surface area (Å²) in [5.74, 6) is 0.925. The first-order chi connectivity index (χ1) is 16.9. The van der Waals surface area contributed by atoms with E-state index in [1.165, 1.54) is 0 Å². The average Bonchev–Trinajstić information content (AvgIpc) is 3.23. The molecule has 7 nitrogen and oxygen atoms in total. The number of ether oxygens (including phenoxy) is 2. The number of aliphatic hydroxyl groups excluding tert-OH is 1. The molecule has 2 aromatic carbocycles. The highest BCUT2D eigenvalue weighted by atomic mass is 79.9. The van der Waals surface area contributed by atoms with Crippen LogP contribution >= 0.6 is 15.9 Å². The maximum Gasteiger partial charge on any atom is 0.252 e. The van der Waals surface area contributed by atoms with Crippen LogP contribution in [0.1, 0.15) is 36.5 Å². The van der Waals surface area contributed by atoms with Gasteiger partial charge in [0, 0.05) is 36.0 Å². The number of hydrogen-bond acceptors (Lipinski definition) is 6. The number of hydrogen-bond donors (Lipinski definition) is 2. The second-order valence-corrected chi connectivity index (χ2v) is 9.66. The lowest BCUT2D eigenvalue weighted by atomic mass is 9.84. The van der Waals surface area contributed by atoms with Crippen molar-refractivity contribution >= 4 is 27.7 Å². The van der Waals surface area contributed by atoms with Gasteiger partial charge in [0.15, 0.2) is 11.6 Å². The van der Waals surface area contributed by atoms with E-state index in [9.17, 15) is 4.79 Å². The van der Waals surface area contributed by atoms with Crippen LogP contribution in [-0.2, 0) is 9.53 Å². The van der Waals surface area contributed by atoms with E-state index in [0.717, 1.165) is 28.6 Å². The first kappa shape index (κ1) is 26.9. The number of rotatable bonds is 13. The SMILES string of the molecule is C=CC[C@@]1(C(=O)NCCCN(C)C)N=C(c2ccc(OCCCO)cc2)O[C@@H]1c1ccc(Br)cc1. The maximum atomic E-state index is 13.6. The molecule has 0 unspecified atom stereocenters. The van der Waals surface area contributed by atoms with E-state index in [-0.39, 0.29) is 12.5 Å². The molecule has 0 aromatic heterocycles. The number of benzene rings is 2. The fourth-order valence-corrected chi connectivity index (χ4v) is 4.19. The molecule has 2 atom stereocenters. The molecular weight excluding hydrogens is 510 g/mol. The summed E-state index contributed by atoms with van der Waals surface area (Å²) in [5.41, 5.74) is 0.452. The van der Waals surface area contributed by atoms with Crippen LogP contribution in [0.2, 0.25) is 0 Å². The predicted octanol–water partition coefficient (Wildman–Crippen LogP) is 4.11. The molecule has 2 N–H and O–H groups in total. The van der Waals surface area contributed by atoms with E-state index >= 15 is 0 Å². The van der Waals surface area contributed by atoms with E-state index in [2.05, 4.69) is 32.7 Å². The van der Waals surface area contributed by atoms with Gasteiger partial charge in [-0.25, -0.2) is 4.99 Å². The second-order valence-electron chi connectivity index (χ2n) is 8.75. The number of carbonyl (C=O) groups is 1. The van der Waals surface area contributed by atoms with Gasteiger partial charge in [-0.3, -0.25) is 4.79 Å². The predicted molar refractivity (Wildman–Crippen MR) is 142 cm³/mol. The van der Waals surface area contributed by atoms with E-state index in [1.807, 2.05) is 62.6 Å². The van der Waals surface area contributed by atoms with E-state index < -0.39 is 11.6 Å². The van der Waals surface area contributed by atoms with Crippen molar-refractivity contribution in [3.63, 3.8) is 0 Å². The number of aliphatic hydroxyl groups is 1. The molecule has 0 fully saturated rings. The Morgan fingerprint density at radius 2 is 1.94 bits per heavy atom. The summed E-state index contributed by atoms with van der Waals surface area (Å²) >= 11 is 3.48. The molecule has 8 heteroatoms. The van der Waals surface area contributed by atoms with Crippen molar-refractivity contribution in [2.45, 2.75) is 30.9 Å². The Bertz CT molecular complexity index is 1010. The van der Waals surface area contributed by atoms with Crippen LogP contribution in [0.5, 0.6) is 5.75 Å². The van der Waals surface area contributed by atoms with Gasteiger partial charge in [0.1, 0.15) is 5.75 Å². The van der Waals surface area contributed by atoms with Crippen molar-refractivity contribution < 1.29 is 19.4 Å². The number of aliphatic imine (C=N–C) groups is 1. The molecule has 35 heavy (non-hydrogen) atoms. The van der Waals surface area contributed by atoms with Crippen LogP contribution in [0, 0.1) is 0 Å². The zero-order chi connectivity index (χ0) is 25.3. The zero-order valence-corrected chi connectivity index (χ0v) is 22.0. The number of halogens is 1. The van der Waals surface area contributed by atoms with Crippen molar-refractivity contribution in [3.05, 3.63) is 76.8 Å². The maximum absolute atomic E-state index is 13.6. The van der Waals surface area contributed by atoms with Crippen molar-refractivity contribution in [2.75, 3.05) is 40.4 Å². The number of nitrogens with zero attached hydrogens (tertiary/aromatic N) is 2. The summed E-state index contributed by atoms with van der Waals surface area (Å²) in [6, 6.07) is 15.2.